The van der Waals surface area contributed by atoms with E-state index in [2.05, 4.69) is 4.40 Å². The Kier molecular flexibility index (Phi) is 2.03. The number of nitrogens with two attached hydrogens (primary N) is 1. The summed E-state index contributed by atoms with van der Waals surface area (Å²) in [7, 11) is -4.33. The Balaban J connectivity index is 2.84. The standard InChI is InChI=1S/C8H5F3N2O2S/c9-8(10,11)5-3-1-2-4-6(5)16(14,15)13-7(4)12/h1-3H,(H2,12,13). The molecule has 0 saturated heterocycles. The Morgan fingerprint density at radius 2 is 1.88 bits per heavy atom. The molecular weight excluding hydrogens is 245 g/mol. The number of sulfonamides is 1. The first-order valence-corrected chi connectivity index (χ1v) is 5.48. The molecule has 1 aromatic rings. The molecule has 16 heavy (non-hydrogen) atoms. The number of nitrogens with zero attached hydrogens (tertiary/aromatic N) is 1. The van der Waals surface area contributed by atoms with E-state index in [1.165, 1.54) is 6.07 Å². The largest absolute Gasteiger partial charge is 0.417 e. The summed E-state index contributed by atoms with van der Waals surface area (Å²) in [5.74, 6) is -0.416. The van der Waals surface area contributed by atoms with Gasteiger partial charge in [-0.05, 0) is 12.1 Å². The van der Waals surface area contributed by atoms with Crippen molar-refractivity contribution in [2.75, 3.05) is 0 Å². The van der Waals surface area contributed by atoms with Crippen LogP contribution in [0.25, 0.3) is 0 Å². The van der Waals surface area contributed by atoms with Gasteiger partial charge in [0, 0.05) is 5.56 Å². The van der Waals surface area contributed by atoms with Crippen LogP contribution in [0.5, 0.6) is 0 Å². The van der Waals surface area contributed by atoms with Crippen molar-refractivity contribution in [1.29, 1.82) is 0 Å². The molecule has 1 heterocycles. The van der Waals surface area contributed by atoms with Gasteiger partial charge >= 0.3 is 6.18 Å². The molecule has 0 aromatic heterocycles. The fourth-order valence-electron chi connectivity index (χ4n) is 1.46. The van der Waals surface area contributed by atoms with Crippen LogP contribution >= 0.6 is 0 Å². The van der Waals surface area contributed by atoms with Crippen molar-refractivity contribution in [1.82, 2.24) is 0 Å². The van der Waals surface area contributed by atoms with E-state index in [-0.39, 0.29) is 5.56 Å². The molecule has 0 fully saturated rings. The van der Waals surface area contributed by atoms with Crippen LogP contribution in [0.1, 0.15) is 11.1 Å². The second kappa shape index (κ2) is 2.97. The van der Waals surface area contributed by atoms with Gasteiger partial charge in [0.25, 0.3) is 10.0 Å². The first-order valence-electron chi connectivity index (χ1n) is 4.04. The fourth-order valence-corrected chi connectivity index (χ4v) is 2.82. The molecular formula is C8H5F3N2O2S. The molecule has 2 rings (SSSR count). The summed E-state index contributed by atoms with van der Waals surface area (Å²) < 4.78 is 63.4. The van der Waals surface area contributed by atoms with Crippen LogP contribution in [0.4, 0.5) is 13.2 Å². The van der Waals surface area contributed by atoms with E-state index in [1.807, 2.05) is 0 Å². The number of benzene rings is 1. The third kappa shape index (κ3) is 1.45. The molecule has 4 nitrogen and oxygen atoms in total. The van der Waals surface area contributed by atoms with E-state index in [9.17, 15) is 21.6 Å². The quantitative estimate of drug-likeness (QED) is 0.749. The lowest BCUT2D eigenvalue weighted by Gasteiger charge is -2.10. The van der Waals surface area contributed by atoms with Gasteiger partial charge in [-0.15, -0.1) is 4.40 Å². The molecule has 0 bridgehead atoms. The highest BCUT2D eigenvalue weighted by Gasteiger charge is 2.41. The van der Waals surface area contributed by atoms with Crippen molar-refractivity contribution in [3.8, 4) is 0 Å². The third-order valence-electron chi connectivity index (χ3n) is 2.07. The Labute approximate surface area is 88.6 Å². The van der Waals surface area contributed by atoms with Gasteiger partial charge in [0.05, 0.1) is 5.56 Å². The highest BCUT2D eigenvalue weighted by molar-refractivity contribution is 7.90. The van der Waals surface area contributed by atoms with Gasteiger partial charge in [-0.3, -0.25) is 0 Å². The lowest BCUT2D eigenvalue weighted by Crippen LogP contribution is -2.14. The van der Waals surface area contributed by atoms with Crippen molar-refractivity contribution < 1.29 is 21.6 Å². The SMILES string of the molecule is NC1=NS(=O)(=O)c2c1cccc2C(F)(F)F. The monoisotopic (exact) mass is 250 g/mol. The maximum absolute atomic E-state index is 12.6. The van der Waals surface area contributed by atoms with Gasteiger partial charge < -0.3 is 5.73 Å². The van der Waals surface area contributed by atoms with Gasteiger partial charge in [0.15, 0.2) is 0 Å². The minimum Gasteiger partial charge on any atom is -0.382 e. The minimum absolute atomic E-state index is 0.199. The van der Waals surface area contributed by atoms with Crippen LogP contribution in [0.2, 0.25) is 0 Å². The number of amidine groups is 1. The van der Waals surface area contributed by atoms with Crippen LogP contribution in [0.3, 0.4) is 0 Å². The highest BCUT2D eigenvalue weighted by atomic mass is 32.2. The number of rotatable bonds is 0. The summed E-state index contributed by atoms with van der Waals surface area (Å²) in [4.78, 5) is -0.861. The Bertz CT molecular complexity index is 590. The molecule has 2 N–H and O–H groups in total. The maximum Gasteiger partial charge on any atom is 0.417 e. The average Bonchev–Trinajstić information content (AvgIpc) is 2.36. The zero-order valence-corrected chi connectivity index (χ0v) is 8.43. The number of hydrogen-bond donors (Lipinski definition) is 1. The van der Waals surface area contributed by atoms with Crippen LogP contribution < -0.4 is 5.73 Å². The molecule has 1 aromatic carbocycles. The number of halogens is 3. The maximum atomic E-state index is 12.6. The molecule has 86 valence electrons. The molecule has 0 spiro atoms. The number of alkyl halides is 3. The van der Waals surface area contributed by atoms with Crippen molar-refractivity contribution in [3.63, 3.8) is 0 Å². The Hall–Kier alpha value is -1.57. The molecule has 0 saturated carbocycles. The summed E-state index contributed by atoms with van der Waals surface area (Å²) in [5, 5.41) is 0. The zero-order valence-electron chi connectivity index (χ0n) is 7.62. The van der Waals surface area contributed by atoms with Gasteiger partial charge in [0.2, 0.25) is 0 Å². The lowest BCUT2D eigenvalue weighted by atomic mass is 10.1. The van der Waals surface area contributed by atoms with E-state index in [0.29, 0.717) is 6.07 Å². The second-order valence-corrected chi connectivity index (χ2v) is 4.67. The predicted octanol–water partition coefficient (Wildman–Crippen LogP) is 1.11. The Morgan fingerprint density at radius 1 is 1.25 bits per heavy atom. The molecule has 0 atom stereocenters. The van der Waals surface area contributed by atoms with Crippen LogP contribution in [-0.4, -0.2) is 14.3 Å². The lowest BCUT2D eigenvalue weighted by molar-refractivity contribution is -0.139. The molecule has 8 heteroatoms. The number of fused-ring (bicyclic) bond motifs is 1. The zero-order chi connectivity index (χ0) is 12.1. The van der Waals surface area contributed by atoms with Crippen LogP contribution in [-0.2, 0) is 16.2 Å². The Morgan fingerprint density at radius 3 is 2.44 bits per heavy atom. The summed E-state index contributed by atoms with van der Waals surface area (Å²) >= 11 is 0. The van der Waals surface area contributed by atoms with E-state index in [0.717, 1.165) is 6.07 Å². The van der Waals surface area contributed by atoms with Gasteiger partial charge in [-0.2, -0.15) is 21.6 Å². The molecule has 0 amide bonds. The van der Waals surface area contributed by atoms with E-state index >= 15 is 0 Å². The number of hydrogen-bond acceptors (Lipinski definition) is 3. The van der Waals surface area contributed by atoms with E-state index < -0.39 is 32.5 Å². The van der Waals surface area contributed by atoms with Gasteiger partial charge in [-0.25, -0.2) is 0 Å². The van der Waals surface area contributed by atoms with Gasteiger partial charge in [-0.1, -0.05) is 6.07 Å². The highest BCUT2D eigenvalue weighted by Crippen LogP contribution is 2.38. The van der Waals surface area contributed by atoms with Crippen LogP contribution in [0, 0.1) is 0 Å². The molecule has 1 aliphatic heterocycles. The smallest absolute Gasteiger partial charge is 0.382 e. The van der Waals surface area contributed by atoms with E-state index in [4.69, 9.17) is 5.73 Å². The van der Waals surface area contributed by atoms with Crippen LogP contribution in [0.15, 0.2) is 27.5 Å². The summed E-state index contributed by atoms with van der Waals surface area (Å²) in [5.41, 5.74) is 3.80. The van der Waals surface area contributed by atoms with E-state index in [1.54, 1.807) is 0 Å². The van der Waals surface area contributed by atoms with Crippen molar-refractivity contribution in [3.05, 3.63) is 29.3 Å². The molecule has 0 radical (unpaired) electrons. The average molecular weight is 250 g/mol. The minimum atomic E-state index is -4.75. The topological polar surface area (TPSA) is 72.5 Å². The fraction of sp³-hybridized carbons (Fsp3) is 0.125. The first kappa shape index (κ1) is 10.9. The molecule has 0 aliphatic carbocycles. The van der Waals surface area contributed by atoms with Crippen molar-refractivity contribution >= 4 is 15.9 Å². The summed E-state index contributed by atoms with van der Waals surface area (Å²) in [6.07, 6.45) is -4.75. The van der Waals surface area contributed by atoms with Crippen molar-refractivity contribution in [2.45, 2.75) is 11.1 Å². The summed E-state index contributed by atoms with van der Waals surface area (Å²) in [6.45, 7) is 0. The molecule has 0 unspecified atom stereocenters. The first-order chi connectivity index (χ1) is 7.23. The van der Waals surface area contributed by atoms with Crippen molar-refractivity contribution in [2.24, 2.45) is 10.1 Å². The summed E-state index contributed by atoms with van der Waals surface area (Å²) in [6, 6.07) is 2.96. The second-order valence-electron chi connectivity index (χ2n) is 3.13. The molecule has 1 aliphatic rings. The van der Waals surface area contributed by atoms with Gasteiger partial charge in [0.1, 0.15) is 10.7 Å². The third-order valence-corrected chi connectivity index (χ3v) is 3.47. The predicted molar refractivity (Wildman–Crippen MR) is 49.4 cm³/mol. The normalized spacial score (nSPS) is 18.1.